The van der Waals surface area contributed by atoms with Crippen molar-refractivity contribution in [3.8, 4) is 0 Å². The van der Waals surface area contributed by atoms with E-state index in [-0.39, 0.29) is 5.91 Å². The van der Waals surface area contributed by atoms with Gasteiger partial charge in [-0.1, -0.05) is 19.8 Å². The second kappa shape index (κ2) is 8.55. The summed E-state index contributed by atoms with van der Waals surface area (Å²) in [5, 5.41) is 2.94. The van der Waals surface area contributed by atoms with Gasteiger partial charge < -0.3 is 16.0 Å². The molecule has 4 N–H and O–H groups in total. The van der Waals surface area contributed by atoms with Gasteiger partial charge in [0.05, 0.1) is 6.20 Å². The Morgan fingerprint density at radius 1 is 1.39 bits per heavy atom. The Hall–Kier alpha value is -1.52. The Labute approximate surface area is 109 Å². The lowest BCUT2D eigenvalue weighted by Gasteiger charge is -2.04. The predicted octanol–water partition coefficient (Wildman–Crippen LogP) is 2.01. The molecular formula is C13H24N4O. The lowest BCUT2D eigenvalue weighted by molar-refractivity contribution is -0.121. The molecule has 0 radical (unpaired) electrons. The number of carbonyl (C=O) groups excluding carboxylic acids is 1. The van der Waals surface area contributed by atoms with E-state index in [9.17, 15) is 4.79 Å². The number of nitrogens with zero attached hydrogens (tertiary/aromatic N) is 1. The smallest absolute Gasteiger partial charge is 0.219 e. The number of rotatable bonds is 9. The molecule has 1 amide bonds. The molecule has 0 aliphatic heterocycles. The number of carbonyl (C=O) groups is 1. The Balaban J connectivity index is 1.98. The number of aromatic nitrogens is 2. The van der Waals surface area contributed by atoms with Crippen molar-refractivity contribution in [1.29, 1.82) is 0 Å². The van der Waals surface area contributed by atoms with Gasteiger partial charge in [0.25, 0.3) is 0 Å². The van der Waals surface area contributed by atoms with E-state index in [0.717, 1.165) is 37.9 Å². The number of imidazole rings is 1. The van der Waals surface area contributed by atoms with Gasteiger partial charge in [-0.05, 0) is 25.7 Å². The van der Waals surface area contributed by atoms with Gasteiger partial charge in [0.2, 0.25) is 5.91 Å². The maximum Gasteiger partial charge on any atom is 0.219 e. The predicted molar refractivity (Wildman–Crippen MR) is 73.1 cm³/mol. The van der Waals surface area contributed by atoms with Crippen molar-refractivity contribution >= 4 is 11.9 Å². The Morgan fingerprint density at radius 3 is 2.89 bits per heavy atom. The van der Waals surface area contributed by atoms with Gasteiger partial charge in [-0.2, -0.15) is 0 Å². The second-order valence-corrected chi connectivity index (χ2v) is 4.56. The van der Waals surface area contributed by atoms with Crippen molar-refractivity contribution in [2.75, 3.05) is 12.3 Å². The van der Waals surface area contributed by atoms with Crippen LogP contribution in [0.1, 0.15) is 51.1 Å². The summed E-state index contributed by atoms with van der Waals surface area (Å²) in [7, 11) is 0. The van der Waals surface area contributed by atoms with E-state index in [1.54, 1.807) is 6.20 Å². The van der Waals surface area contributed by atoms with E-state index in [2.05, 4.69) is 22.2 Å². The third-order valence-corrected chi connectivity index (χ3v) is 2.85. The molecule has 1 heterocycles. The average Bonchev–Trinajstić information content (AvgIpc) is 2.76. The summed E-state index contributed by atoms with van der Waals surface area (Å²) < 4.78 is 0. The van der Waals surface area contributed by atoms with Crippen LogP contribution < -0.4 is 11.1 Å². The summed E-state index contributed by atoms with van der Waals surface area (Å²) in [5.74, 6) is 0.619. The molecule has 1 aromatic rings. The molecule has 5 nitrogen and oxygen atoms in total. The summed E-state index contributed by atoms with van der Waals surface area (Å²) in [6, 6.07) is 0. The molecule has 102 valence electrons. The SMILES string of the molecule is CCCCCNC(=O)CCCCc1cnc(N)[nH]1. The van der Waals surface area contributed by atoms with E-state index < -0.39 is 0 Å². The van der Waals surface area contributed by atoms with Crippen LogP contribution in [0.3, 0.4) is 0 Å². The fourth-order valence-electron chi connectivity index (χ4n) is 1.80. The first-order valence-corrected chi connectivity index (χ1v) is 6.78. The summed E-state index contributed by atoms with van der Waals surface area (Å²) in [6.07, 6.45) is 8.58. The van der Waals surface area contributed by atoms with Crippen molar-refractivity contribution < 1.29 is 4.79 Å². The molecule has 0 atom stereocenters. The Morgan fingerprint density at radius 2 is 2.22 bits per heavy atom. The van der Waals surface area contributed by atoms with Gasteiger partial charge in [-0.25, -0.2) is 4.98 Å². The Bertz CT molecular complexity index is 349. The molecule has 0 fully saturated rings. The van der Waals surface area contributed by atoms with Gasteiger partial charge >= 0.3 is 0 Å². The highest BCUT2D eigenvalue weighted by Gasteiger charge is 2.01. The van der Waals surface area contributed by atoms with Crippen LogP contribution in [0.2, 0.25) is 0 Å². The maximum absolute atomic E-state index is 11.5. The molecule has 0 aromatic carbocycles. The number of nitrogen functional groups attached to an aromatic ring is 1. The van der Waals surface area contributed by atoms with Crippen LogP contribution in [0, 0.1) is 0 Å². The molecule has 18 heavy (non-hydrogen) atoms. The Kier molecular flexibility index (Phi) is 6.91. The monoisotopic (exact) mass is 252 g/mol. The first-order valence-electron chi connectivity index (χ1n) is 6.78. The van der Waals surface area contributed by atoms with Crippen molar-refractivity contribution in [2.24, 2.45) is 0 Å². The van der Waals surface area contributed by atoms with Crippen LogP contribution in [0.25, 0.3) is 0 Å². The highest BCUT2D eigenvalue weighted by molar-refractivity contribution is 5.75. The van der Waals surface area contributed by atoms with Crippen molar-refractivity contribution in [3.63, 3.8) is 0 Å². The minimum Gasteiger partial charge on any atom is -0.369 e. The van der Waals surface area contributed by atoms with E-state index in [0.29, 0.717) is 12.4 Å². The largest absolute Gasteiger partial charge is 0.369 e. The van der Waals surface area contributed by atoms with Crippen LogP contribution >= 0.6 is 0 Å². The molecular weight excluding hydrogens is 228 g/mol. The highest BCUT2D eigenvalue weighted by Crippen LogP contribution is 2.05. The molecule has 0 unspecified atom stereocenters. The average molecular weight is 252 g/mol. The van der Waals surface area contributed by atoms with Gasteiger partial charge in [-0.15, -0.1) is 0 Å². The molecule has 0 saturated heterocycles. The first kappa shape index (κ1) is 14.5. The van der Waals surface area contributed by atoms with Crippen LogP contribution in [0.4, 0.5) is 5.95 Å². The second-order valence-electron chi connectivity index (χ2n) is 4.56. The number of anilines is 1. The lowest BCUT2D eigenvalue weighted by atomic mass is 10.1. The minimum absolute atomic E-state index is 0.162. The van der Waals surface area contributed by atoms with E-state index in [1.807, 2.05) is 0 Å². The van der Waals surface area contributed by atoms with Crippen LogP contribution in [0.15, 0.2) is 6.20 Å². The molecule has 0 bridgehead atoms. The van der Waals surface area contributed by atoms with E-state index in [1.165, 1.54) is 12.8 Å². The lowest BCUT2D eigenvalue weighted by Crippen LogP contribution is -2.23. The van der Waals surface area contributed by atoms with E-state index >= 15 is 0 Å². The number of hydrogen-bond donors (Lipinski definition) is 3. The molecule has 0 saturated carbocycles. The number of hydrogen-bond acceptors (Lipinski definition) is 3. The number of aromatic amines is 1. The van der Waals surface area contributed by atoms with Crippen molar-refractivity contribution in [3.05, 3.63) is 11.9 Å². The van der Waals surface area contributed by atoms with Gasteiger partial charge in [0.15, 0.2) is 5.95 Å². The third-order valence-electron chi connectivity index (χ3n) is 2.85. The summed E-state index contributed by atoms with van der Waals surface area (Å²) in [6.45, 7) is 2.97. The normalized spacial score (nSPS) is 10.5. The number of nitrogens with two attached hydrogens (primary N) is 1. The summed E-state index contributed by atoms with van der Waals surface area (Å²) in [4.78, 5) is 18.4. The summed E-state index contributed by atoms with van der Waals surface area (Å²) >= 11 is 0. The summed E-state index contributed by atoms with van der Waals surface area (Å²) in [5.41, 5.74) is 6.52. The van der Waals surface area contributed by atoms with Crippen LogP contribution in [-0.2, 0) is 11.2 Å². The van der Waals surface area contributed by atoms with Gasteiger partial charge in [0, 0.05) is 18.7 Å². The highest BCUT2D eigenvalue weighted by atomic mass is 16.1. The van der Waals surface area contributed by atoms with Crippen molar-refractivity contribution in [1.82, 2.24) is 15.3 Å². The zero-order chi connectivity index (χ0) is 13.2. The van der Waals surface area contributed by atoms with E-state index in [4.69, 9.17) is 5.73 Å². The fraction of sp³-hybridized carbons (Fsp3) is 0.692. The number of H-pyrrole nitrogens is 1. The number of amides is 1. The van der Waals surface area contributed by atoms with Crippen molar-refractivity contribution in [2.45, 2.75) is 51.9 Å². The topological polar surface area (TPSA) is 83.8 Å². The van der Waals surface area contributed by atoms with Gasteiger partial charge in [-0.3, -0.25) is 4.79 Å². The maximum atomic E-state index is 11.5. The zero-order valence-corrected chi connectivity index (χ0v) is 11.2. The molecule has 1 aromatic heterocycles. The molecule has 0 aliphatic rings. The molecule has 0 aliphatic carbocycles. The molecule has 5 heteroatoms. The minimum atomic E-state index is 0.162. The first-order chi connectivity index (χ1) is 8.72. The van der Waals surface area contributed by atoms with Crippen LogP contribution in [0.5, 0.6) is 0 Å². The number of unbranched alkanes of at least 4 members (excludes halogenated alkanes) is 3. The van der Waals surface area contributed by atoms with Gasteiger partial charge in [0.1, 0.15) is 0 Å². The quantitative estimate of drug-likeness (QED) is 0.588. The fourth-order valence-corrected chi connectivity index (χ4v) is 1.80. The number of aryl methyl sites for hydroxylation is 1. The van der Waals surface area contributed by atoms with Crippen LogP contribution in [-0.4, -0.2) is 22.4 Å². The molecule has 0 spiro atoms. The third kappa shape index (κ3) is 6.27. The standard InChI is InChI=1S/C13H24N4O/c1-2-3-6-9-15-12(18)8-5-4-7-11-10-16-13(14)17-11/h10H,2-9H2,1H3,(H,15,18)(H3,14,16,17). The number of nitrogens with one attached hydrogen (secondary N) is 2. The molecule has 1 rings (SSSR count). The zero-order valence-electron chi connectivity index (χ0n) is 11.2.